The van der Waals surface area contributed by atoms with Crippen molar-refractivity contribution in [2.45, 2.75) is 136 Å². The maximum atomic E-state index is 11.9. The molecule has 0 rings (SSSR count). The number of carbonyl (C=O) groups is 1. The van der Waals surface area contributed by atoms with E-state index < -0.39 is 0 Å². The third-order valence-electron chi connectivity index (χ3n) is 5.61. The van der Waals surface area contributed by atoms with Gasteiger partial charge in [-0.2, -0.15) is 0 Å². The predicted molar refractivity (Wildman–Crippen MR) is 150 cm³/mol. The summed E-state index contributed by atoms with van der Waals surface area (Å²) < 4.78 is 17.1. The summed E-state index contributed by atoms with van der Waals surface area (Å²) in [5, 5.41) is 1.04. The van der Waals surface area contributed by atoms with Crippen LogP contribution < -0.4 is 0 Å². The summed E-state index contributed by atoms with van der Waals surface area (Å²) in [4.78, 5) is 11.9. The molecular formula is C30H51BrO4. The molecule has 0 spiro atoms. The minimum atomic E-state index is -0.329. The molecule has 0 aromatic carbocycles. The van der Waals surface area contributed by atoms with Crippen LogP contribution in [0.15, 0.2) is 0 Å². The molecule has 0 heterocycles. The average molecular weight is 556 g/mol. The largest absolute Gasteiger partial charge is 0.466 e. The number of halogens is 1. The van der Waals surface area contributed by atoms with Crippen molar-refractivity contribution >= 4 is 21.9 Å². The second-order valence-corrected chi connectivity index (χ2v) is 9.74. The van der Waals surface area contributed by atoms with Crippen molar-refractivity contribution in [1.29, 1.82) is 0 Å². The fraction of sp³-hybridized carbons (Fsp3) is 0.833. The highest BCUT2D eigenvalue weighted by molar-refractivity contribution is 9.09. The summed E-state index contributed by atoms with van der Waals surface area (Å²) in [7, 11) is 0. The first-order valence-corrected chi connectivity index (χ1v) is 15.2. The molecule has 0 unspecified atom stereocenters. The number of hydrogen-bond donors (Lipinski definition) is 0. The standard InChI is InChI=1S/C30H51BrO4/c1-3-5-7-9-11-14-21-27-34-30(35-28-22-15-12-10-8-6-4-2)24-18-17-23-29(32)33-26-20-16-13-19-25-31/h30H,3-13,16-20,23-28H2,1-2H3. The van der Waals surface area contributed by atoms with Crippen molar-refractivity contribution in [2.24, 2.45) is 0 Å². The van der Waals surface area contributed by atoms with E-state index in [2.05, 4.69) is 53.5 Å². The summed E-state index contributed by atoms with van der Waals surface area (Å²) in [6.07, 6.45) is 18.6. The quantitative estimate of drug-likeness (QED) is 0.0418. The van der Waals surface area contributed by atoms with Gasteiger partial charge in [-0.1, -0.05) is 93.0 Å². The minimum absolute atomic E-state index is 0.105. The second kappa shape index (κ2) is 29.2. The van der Waals surface area contributed by atoms with Crippen LogP contribution in [-0.2, 0) is 19.0 Å². The fourth-order valence-corrected chi connectivity index (χ4v) is 3.83. The molecule has 0 saturated carbocycles. The Hall–Kier alpha value is -1.01. The summed E-state index contributed by atoms with van der Waals surface area (Å²) in [5.41, 5.74) is 0. The van der Waals surface area contributed by atoms with Gasteiger partial charge >= 0.3 is 5.97 Å². The van der Waals surface area contributed by atoms with E-state index in [1.54, 1.807) is 0 Å². The third kappa shape index (κ3) is 27.4. The van der Waals surface area contributed by atoms with Gasteiger partial charge in [-0.3, -0.25) is 4.79 Å². The molecule has 0 aromatic rings. The van der Waals surface area contributed by atoms with Crippen molar-refractivity contribution < 1.29 is 19.0 Å². The van der Waals surface area contributed by atoms with Gasteiger partial charge in [-0.25, -0.2) is 0 Å². The van der Waals surface area contributed by atoms with E-state index in [-0.39, 0.29) is 12.3 Å². The monoisotopic (exact) mass is 554 g/mol. The van der Waals surface area contributed by atoms with Crippen LogP contribution in [0.2, 0.25) is 0 Å². The van der Waals surface area contributed by atoms with Gasteiger partial charge in [0.15, 0.2) is 6.29 Å². The Morgan fingerprint density at radius 1 is 0.686 bits per heavy atom. The summed E-state index contributed by atoms with van der Waals surface area (Å²) in [6.45, 7) is 5.71. The van der Waals surface area contributed by atoms with E-state index in [1.807, 2.05) is 0 Å². The van der Waals surface area contributed by atoms with Crippen molar-refractivity contribution in [2.75, 3.05) is 25.2 Å². The topological polar surface area (TPSA) is 44.8 Å². The number of esters is 1. The normalized spacial score (nSPS) is 10.5. The van der Waals surface area contributed by atoms with E-state index in [4.69, 9.17) is 14.2 Å². The van der Waals surface area contributed by atoms with Gasteiger partial charge in [-0.15, -0.1) is 11.8 Å². The molecule has 202 valence electrons. The van der Waals surface area contributed by atoms with Gasteiger partial charge in [0.05, 0.1) is 6.61 Å². The minimum Gasteiger partial charge on any atom is -0.466 e. The van der Waals surface area contributed by atoms with Gasteiger partial charge in [0.2, 0.25) is 0 Å². The molecule has 0 radical (unpaired) electrons. The molecule has 0 aliphatic rings. The van der Waals surface area contributed by atoms with Crippen LogP contribution >= 0.6 is 15.9 Å². The molecule has 35 heavy (non-hydrogen) atoms. The molecule has 0 aliphatic carbocycles. The van der Waals surface area contributed by atoms with Crippen molar-refractivity contribution in [3.63, 3.8) is 0 Å². The third-order valence-corrected chi connectivity index (χ3v) is 6.17. The Morgan fingerprint density at radius 2 is 1.26 bits per heavy atom. The number of unbranched alkanes of at least 4 members (excludes halogenated alkanes) is 12. The SMILES string of the molecule is CCCCCCC#CCOC(CCCCC(=O)OCCCCCCBr)OCC#CCCCCCC. The highest BCUT2D eigenvalue weighted by atomic mass is 79.9. The number of alkyl halides is 1. The highest BCUT2D eigenvalue weighted by Gasteiger charge is 2.10. The predicted octanol–water partition coefficient (Wildman–Crippen LogP) is 8.35. The van der Waals surface area contributed by atoms with Crippen molar-refractivity contribution in [1.82, 2.24) is 0 Å². The van der Waals surface area contributed by atoms with Gasteiger partial charge in [0, 0.05) is 24.6 Å². The second-order valence-electron chi connectivity index (χ2n) is 8.95. The molecule has 0 bridgehead atoms. The van der Waals surface area contributed by atoms with E-state index in [0.717, 1.165) is 63.1 Å². The van der Waals surface area contributed by atoms with Gasteiger partial charge < -0.3 is 14.2 Å². The number of hydrogen-bond acceptors (Lipinski definition) is 4. The van der Waals surface area contributed by atoms with Gasteiger partial charge in [0.1, 0.15) is 13.2 Å². The Morgan fingerprint density at radius 3 is 1.83 bits per heavy atom. The summed E-state index contributed by atoms with van der Waals surface area (Å²) in [6, 6.07) is 0. The number of rotatable bonds is 23. The molecule has 0 aromatic heterocycles. The molecular weight excluding hydrogens is 504 g/mol. The maximum absolute atomic E-state index is 11.9. The average Bonchev–Trinajstić information content (AvgIpc) is 2.86. The van der Waals surface area contributed by atoms with E-state index >= 15 is 0 Å². The maximum Gasteiger partial charge on any atom is 0.305 e. The molecule has 0 amide bonds. The first kappa shape index (κ1) is 34.0. The lowest BCUT2D eigenvalue weighted by Gasteiger charge is -2.15. The lowest BCUT2D eigenvalue weighted by molar-refractivity contribution is -0.144. The van der Waals surface area contributed by atoms with Crippen LogP contribution in [0, 0.1) is 23.7 Å². The fourth-order valence-electron chi connectivity index (χ4n) is 3.43. The molecule has 4 nitrogen and oxygen atoms in total. The molecule has 5 heteroatoms. The Balaban J connectivity index is 4.16. The van der Waals surface area contributed by atoms with E-state index in [0.29, 0.717) is 26.2 Å². The first-order chi connectivity index (χ1) is 17.2. The molecule has 0 fully saturated rings. The lowest BCUT2D eigenvalue weighted by atomic mass is 10.2. The van der Waals surface area contributed by atoms with Gasteiger partial charge in [0.25, 0.3) is 0 Å². The number of carbonyl (C=O) groups excluding carboxylic acids is 1. The molecule has 0 saturated heterocycles. The smallest absolute Gasteiger partial charge is 0.305 e. The van der Waals surface area contributed by atoms with Crippen molar-refractivity contribution in [3.8, 4) is 23.7 Å². The zero-order chi connectivity index (χ0) is 25.7. The van der Waals surface area contributed by atoms with E-state index in [1.165, 1.54) is 51.4 Å². The highest BCUT2D eigenvalue weighted by Crippen LogP contribution is 2.10. The van der Waals surface area contributed by atoms with Crippen LogP contribution in [0.4, 0.5) is 0 Å². The Labute approximate surface area is 225 Å². The van der Waals surface area contributed by atoms with Crippen molar-refractivity contribution in [3.05, 3.63) is 0 Å². The lowest BCUT2D eigenvalue weighted by Crippen LogP contribution is -2.18. The van der Waals surface area contributed by atoms with Crippen LogP contribution in [-0.4, -0.2) is 37.4 Å². The molecule has 0 aliphatic heterocycles. The van der Waals surface area contributed by atoms with Crippen LogP contribution in [0.5, 0.6) is 0 Å². The summed E-state index contributed by atoms with van der Waals surface area (Å²) >= 11 is 3.43. The zero-order valence-corrected chi connectivity index (χ0v) is 24.2. The Bertz CT molecular complexity index is 551. The molecule has 0 atom stereocenters. The number of ether oxygens (including phenoxy) is 3. The van der Waals surface area contributed by atoms with Crippen LogP contribution in [0.25, 0.3) is 0 Å². The molecule has 0 N–H and O–H groups in total. The summed E-state index contributed by atoms with van der Waals surface area (Å²) in [5.74, 6) is 12.5. The van der Waals surface area contributed by atoms with Crippen LogP contribution in [0.1, 0.15) is 129 Å². The van der Waals surface area contributed by atoms with Gasteiger partial charge in [-0.05, 0) is 44.9 Å². The zero-order valence-electron chi connectivity index (χ0n) is 22.6. The first-order valence-electron chi connectivity index (χ1n) is 14.1. The van der Waals surface area contributed by atoms with Crippen LogP contribution in [0.3, 0.4) is 0 Å². The van der Waals surface area contributed by atoms with E-state index in [9.17, 15) is 4.79 Å². The Kier molecular flexibility index (Phi) is 28.4.